The van der Waals surface area contributed by atoms with E-state index in [1.807, 2.05) is 12.1 Å². The molecule has 0 amide bonds. The Bertz CT molecular complexity index is 542. The first kappa shape index (κ1) is 12.4. The van der Waals surface area contributed by atoms with Crippen LogP contribution in [0.3, 0.4) is 0 Å². The van der Waals surface area contributed by atoms with E-state index < -0.39 is 0 Å². The maximum Gasteiger partial charge on any atom is 0.134 e. The third-order valence-corrected chi connectivity index (χ3v) is 3.72. The quantitative estimate of drug-likeness (QED) is 0.878. The predicted molar refractivity (Wildman–Crippen MR) is 73.1 cm³/mol. The highest BCUT2D eigenvalue weighted by atomic mass is 19.1. The molecule has 100 valence electrons. The first-order chi connectivity index (χ1) is 9.22. The average Bonchev–Trinajstić information content (AvgIpc) is 3.16. The van der Waals surface area contributed by atoms with Gasteiger partial charge in [-0.05, 0) is 62.1 Å². The molecule has 1 aromatic carbocycles. The Kier molecular flexibility index (Phi) is 3.38. The number of rotatable bonds is 5. The van der Waals surface area contributed by atoms with Crippen molar-refractivity contribution in [1.82, 2.24) is 5.32 Å². The van der Waals surface area contributed by atoms with Gasteiger partial charge in [-0.25, -0.2) is 4.39 Å². The Hall–Kier alpha value is -1.61. The zero-order chi connectivity index (χ0) is 13.2. The fourth-order valence-corrected chi connectivity index (χ4v) is 2.27. The largest absolute Gasteiger partial charge is 0.460 e. The Labute approximate surface area is 112 Å². The lowest BCUT2D eigenvalue weighted by atomic mass is 10.2. The third kappa shape index (κ3) is 3.04. The van der Waals surface area contributed by atoms with Gasteiger partial charge in [0.2, 0.25) is 0 Å². The fraction of sp³-hybridized carbons (Fsp3) is 0.375. The monoisotopic (exact) mass is 259 g/mol. The summed E-state index contributed by atoms with van der Waals surface area (Å²) in [4.78, 5) is 0. The van der Waals surface area contributed by atoms with E-state index in [0.29, 0.717) is 6.04 Å². The number of nitrogens with one attached hydrogen (secondary N) is 1. The van der Waals surface area contributed by atoms with Crippen LogP contribution in [-0.2, 0) is 6.54 Å². The second kappa shape index (κ2) is 5.17. The molecule has 0 radical (unpaired) electrons. The number of furan rings is 1. The minimum Gasteiger partial charge on any atom is -0.460 e. The maximum absolute atomic E-state index is 12.9. The fourth-order valence-electron chi connectivity index (χ4n) is 2.27. The molecule has 1 heterocycles. The maximum atomic E-state index is 12.9. The molecule has 19 heavy (non-hydrogen) atoms. The van der Waals surface area contributed by atoms with Crippen molar-refractivity contribution in [2.45, 2.75) is 32.4 Å². The molecule has 0 aliphatic heterocycles. The van der Waals surface area contributed by atoms with Gasteiger partial charge in [0.05, 0.1) is 6.54 Å². The van der Waals surface area contributed by atoms with Crippen LogP contribution in [0.5, 0.6) is 0 Å². The van der Waals surface area contributed by atoms with Crippen LogP contribution in [0.4, 0.5) is 4.39 Å². The van der Waals surface area contributed by atoms with E-state index in [0.717, 1.165) is 29.5 Å². The summed E-state index contributed by atoms with van der Waals surface area (Å²) >= 11 is 0. The van der Waals surface area contributed by atoms with Gasteiger partial charge >= 0.3 is 0 Å². The zero-order valence-electron chi connectivity index (χ0n) is 11.0. The zero-order valence-corrected chi connectivity index (χ0v) is 11.0. The Morgan fingerprint density at radius 2 is 1.95 bits per heavy atom. The first-order valence-corrected chi connectivity index (χ1v) is 6.80. The molecule has 2 aromatic rings. The van der Waals surface area contributed by atoms with Crippen molar-refractivity contribution in [3.63, 3.8) is 0 Å². The number of benzene rings is 1. The van der Waals surface area contributed by atoms with E-state index in [4.69, 9.17) is 4.42 Å². The smallest absolute Gasteiger partial charge is 0.134 e. The van der Waals surface area contributed by atoms with Crippen molar-refractivity contribution >= 4 is 0 Å². The van der Waals surface area contributed by atoms with E-state index in [1.54, 1.807) is 12.1 Å². The standard InChI is InChI=1S/C16H18FNO/c1-11(12-2-3-12)18-10-15-8-9-16(19-15)13-4-6-14(17)7-5-13/h4-9,11-12,18H,2-3,10H2,1H3. The number of halogens is 1. The molecule has 1 unspecified atom stereocenters. The summed E-state index contributed by atoms with van der Waals surface area (Å²) in [7, 11) is 0. The Balaban J connectivity index is 1.63. The Morgan fingerprint density at radius 3 is 2.63 bits per heavy atom. The van der Waals surface area contributed by atoms with E-state index in [2.05, 4.69) is 12.2 Å². The van der Waals surface area contributed by atoms with Crippen LogP contribution in [-0.4, -0.2) is 6.04 Å². The highest BCUT2D eigenvalue weighted by molar-refractivity contribution is 5.57. The lowest BCUT2D eigenvalue weighted by Gasteiger charge is -2.10. The normalized spacial score (nSPS) is 16.5. The number of hydrogen-bond acceptors (Lipinski definition) is 2. The molecule has 0 saturated heterocycles. The lowest BCUT2D eigenvalue weighted by Crippen LogP contribution is -2.26. The van der Waals surface area contributed by atoms with Crippen molar-refractivity contribution in [2.24, 2.45) is 5.92 Å². The van der Waals surface area contributed by atoms with Crippen molar-refractivity contribution in [3.05, 3.63) is 48.0 Å². The van der Waals surface area contributed by atoms with Gasteiger partial charge in [0.1, 0.15) is 17.3 Å². The molecule has 1 N–H and O–H groups in total. The van der Waals surface area contributed by atoms with Gasteiger partial charge in [0.25, 0.3) is 0 Å². The highest BCUT2D eigenvalue weighted by Crippen LogP contribution is 2.32. The molecule has 1 aromatic heterocycles. The summed E-state index contributed by atoms with van der Waals surface area (Å²) in [5.74, 6) is 2.32. The van der Waals surface area contributed by atoms with E-state index in [9.17, 15) is 4.39 Å². The van der Waals surface area contributed by atoms with Gasteiger partial charge in [0.15, 0.2) is 0 Å². The van der Waals surface area contributed by atoms with Crippen LogP contribution >= 0.6 is 0 Å². The summed E-state index contributed by atoms with van der Waals surface area (Å²) in [6, 6.07) is 10.8. The van der Waals surface area contributed by atoms with Gasteiger partial charge in [0, 0.05) is 11.6 Å². The molecule has 3 rings (SSSR count). The molecular weight excluding hydrogens is 241 g/mol. The third-order valence-electron chi connectivity index (χ3n) is 3.72. The second-order valence-corrected chi connectivity index (χ2v) is 5.28. The summed E-state index contributed by atoms with van der Waals surface area (Å²) in [5.41, 5.74) is 0.905. The molecule has 1 fully saturated rings. The van der Waals surface area contributed by atoms with Crippen LogP contribution in [0.15, 0.2) is 40.8 Å². The van der Waals surface area contributed by atoms with Crippen molar-refractivity contribution in [1.29, 1.82) is 0 Å². The van der Waals surface area contributed by atoms with Gasteiger partial charge in [-0.2, -0.15) is 0 Å². The SMILES string of the molecule is CC(NCc1ccc(-c2ccc(F)cc2)o1)C1CC1. The minimum atomic E-state index is -0.226. The molecule has 3 heteroatoms. The second-order valence-electron chi connectivity index (χ2n) is 5.28. The molecule has 1 atom stereocenters. The van der Waals surface area contributed by atoms with Gasteiger partial charge in [-0.15, -0.1) is 0 Å². The summed E-state index contributed by atoms with van der Waals surface area (Å²) in [6.07, 6.45) is 2.68. The molecule has 1 saturated carbocycles. The molecule has 0 spiro atoms. The van der Waals surface area contributed by atoms with E-state index in [-0.39, 0.29) is 5.82 Å². The van der Waals surface area contributed by atoms with Crippen LogP contribution in [0.25, 0.3) is 11.3 Å². The average molecular weight is 259 g/mol. The minimum absolute atomic E-state index is 0.226. The van der Waals surface area contributed by atoms with Crippen LogP contribution in [0.1, 0.15) is 25.5 Å². The molecule has 0 bridgehead atoms. The first-order valence-electron chi connectivity index (χ1n) is 6.80. The molecule has 2 nitrogen and oxygen atoms in total. The topological polar surface area (TPSA) is 25.2 Å². The molecule has 1 aliphatic rings. The van der Waals surface area contributed by atoms with E-state index >= 15 is 0 Å². The summed E-state index contributed by atoms with van der Waals surface area (Å²) < 4.78 is 18.6. The van der Waals surface area contributed by atoms with Gasteiger partial charge in [-0.3, -0.25) is 0 Å². The van der Waals surface area contributed by atoms with E-state index in [1.165, 1.54) is 25.0 Å². The molecular formula is C16H18FNO. The van der Waals surface area contributed by atoms with Crippen molar-refractivity contribution in [2.75, 3.05) is 0 Å². The highest BCUT2D eigenvalue weighted by Gasteiger charge is 2.27. The number of hydrogen-bond donors (Lipinski definition) is 1. The predicted octanol–water partition coefficient (Wildman–Crippen LogP) is 3.97. The van der Waals surface area contributed by atoms with Crippen LogP contribution in [0, 0.1) is 11.7 Å². The Morgan fingerprint density at radius 1 is 1.21 bits per heavy atom. The summed E-state index contributed by atoms with van der Waals surface area (Å²) in [5, 5.41) is 3.48. The van der Waals surface area contributed by atoms with Gasteiger partial charge < -0.3 is 9.73 Å². The van der Waals surface area contributed by atoms with Crippen molar-refractivity contribution < 1.29 is 8.81 Å². The lowest BCUT2D eigenvalue weighted by molar-refractivity contribution is 0.440. The molecule has 1 aliphatic carbocycles. The summed E-state index contributed by atoms with van der Waals surface area (Å²) in [6.45, 7) is 2.97. The van der Waals surface area contributed by atoms with Crippen LogP contribution < -0.4 is 5.32 Å². The van der Waals surface area contributed by atoms with Gasteiger partial charge in [-0.1, -0.05) is 0 Å². The van der Waals surface area contributed by atoms with Crippen LogP contribution in [0.2, 0.25) is 0 Å². The van der Waals surface area contributed by atoms with Crippen molar-refractivity contribution in [3.8, 4) is 11.3 Å².